The van der Waals surface area contributed by atoms with Crippen molar-refractivity contribution in [3.8, 4) is 0 Å². The molecule has 1 saturated heterocycles. The number of rotatable bonds is 16. The molecule has 2 heterocycles. The molecule has 2 rings (SSSR count). The summed E-state index contributed by atoms with van der Waals surface area (Å²) in [7, 11) is 0. The molecule has 194 valence electrons. The van der Waals surface area contributed by atoms with Gasteiger partial charge >= 0.3 is 5.69 Å². The fourth-order valence-electron chi connectivity index (χ4n) is 4.24. The van der Waals surface area contributed by atoms with Crippen LogP contribution in [0.1, 0.15) is 90.2 Å². The zero-order valence-corrected chi connectivity index (χ0v) is 20.2. The second-order valence-corrected chi connectivity index (χ2v) is 9.11. The highest BCUT2D eigenvalue weighted by Crippen LogP contribution is 2.30. The molecule has 0 aromatic carbocycles. The third kappa shape index (κ3) is 8.65. The summed E-state index contributed by atoms with van der Waals surface area (Å²) in [5.74, 6) is -0.714. The lowest BCUT2D eigenvalue weighted by atomic mass is 10.0. The van der Waals surface area contributed by atoms with E-state index in [2.05, 4.69) is 12.2 Å². The lowest BCUT2D eigenvalue weighted by Gasteiger charge is -2.20. The smallest absolute Gasteiger partial charge is 0.330 e. The Balaban J connectivity index is 1.62. The van der Waals surface area contributed by atoms with E-state index in [1.807, 2.05) is 4.98 Å². The molecule has 10 nitrogen and oxygen atoms in total. The SMILES string of the molecule is CCCCCCCCCCCCCCNC(=O)[C@H](O)[C@@H]1O[C@H](n2ccc(=O)[nH]c2=O)[C@H](O)[C@@H]1O. The highest BCUT2D eigenvalue weighted by atomic mass is 16.6. The first-order valence-corrected chi connectivity index (χ1v) is 12.7. The lowest BCUT2D eigenvalue weighted by Crippen LogP contribution is -2.47. The van der Waals surface area contributed by atoms with Gasteiger partial charge in [0.1, 0.15) is 18.3 Å². The topological polar surface area (TPSA) is 154 Å². The van der Waals surface area contributed by atoms with Crippen LogP contribution < -0.4 is 16.6 Å². The van der Waals surface area contributed by atoms with Crippen LogP contribution in [-0.2, 0) is 9.53 Å². The minimum absolute atomic E-state index is 0.390. The van der Waals surface area contributed by atoms with Gasteiger partial charge < -0.3 is 25.4 Å². The van der Waals surface area contributed by atoms with Crippen molar-refractivity contribution in [2.24, 2.45) is 0 Å². The van der Waals surface area contributed by atoms with Gasteiger partial charge in [-0.2, -0.15) is 0 Å². The summed E-state index contributed by atoms with van der Waals surface area (Å²) in [5.41, 5.74) is -1.46. The normalized spacial score (nSPS) is 23.2. The van der Waals surface area contributed by atoms with E-state index in [0.29, 0.717) is 6.54 Å². The maximum Gasteiger partial charge on any atom is 0.330 e. The first-order chi connectivity index (χ1) is 16.4. The summed E-state index contributed by atoms with van der Waals surface area (Å²) < 4.78 is 6.32. The number of carbonyl (C=O) groups is 1. The molecular weight excluding hydrogens is 442 g/mol. The zero-order chi connectivity index (χ0) is 24.9. The van der Waals surface area contributed by atoms with E-state index < -0.39 is 47.8 Å². The van der Waals surface area contributed by atoms with Gasteiger partial charge in [-0.15, -0.1) is 0 Å². The van der Waals surface area contributed by atoms with Crippen LogP contribution in [-0.4, -0.2) is 61.7 Å². The van der Waals surface area contributed by atoms with E-state index >= 15 is 0 Å². The number of unbranched alkanes of at least 4 members (excludes halogenated alkanes) is 11. The molecule has 1 fully saturated rings. The first kappa shape index (κ1) is 28.2. The Bertz CT molecular complexity index is 840. The second-order valence-electron chi connectivity index (χ2n) is 9.11. The molecular formula is C24H41N3O7. The number of ether oxygens (including phenoxy) is 1. The van der Waals surface area contributed by atoms with Gasteiger partial charge in [0.05, 0.1) is 0 Å². The minimum Gasteiger partial charge on any atom is -0.387 e. The van der Waals surface area contributed by atoms with Crippen molar-refractivity contribution in [2.75, 3.05) is 6.54 Å². The molecule has 1 aliphatic heterocycles. The number of nitrogens with one attached hydrogen (secondary N) is 2. The molecule has 1 aromatic rings. The summed E-state index contributed by atoms with van der Waals surface area (Å²) in [6.07, 6.45) is 7.96. The van der Waals surface area contributed by atoms with E-state index in [-0.39, 0.29) is 0 Å². The van der Waals surface area contributed by atoms with Gasteiger partial charge in [0.2, 0.25) is 0 Å². The number of carbonyl (C=O) groups excluding carboxylic acids is 1. The van der Waals surface area contributed by atoms with Crippen LogP contribution in [0.5, 0.6) is 0 Å². The van der Waals surface area contributed by atoms with Gasteiger partial charge in [-0.3, -0.25) is 19.1 Å². The van der Waals surface area contributed by atoms with E-state index in [0.717, 1.165) is 36.1 Å². The van der Waals surface area contributed by atoms with Gasteiger partial charge in [-0.05, 0) is 6.42 Å². The molecule has 0 aliphatic carbocycles. The molecule has 5 N–H and O–H groups in total. The Morgan fingerprint density at radius 1 is 1.00 bits per heavy atom. The summed E-state index contributed by atoms with van der Waals surface area (Å²) >= 11 is 0. The fourth-order valence-corrected chi connectivity index (χ4v) is 4.24. The van der Waals surface area contributed by atoms with Crippen molar-refractivity contribution >= 4 is 5.91 Å². The number of aromatic nitrogens is 2. The number of hydrogen-bond donors (Lipinski definition) is 5. The summed E-state index contributed by atoms with van der Waals surface area (Å²) in [4.78, 5) is 37.5. The number of H-pyrrole nitrogens is 1. The van der Waals surface area contributed by atoms with Crippen molar-refractivity contribution in [3.63, 3.8) is 0 Å². The summed E-state index contributed by atoms with van der Waals surface area (Å²) in [5, 5.41) is 33.4. The van der Waals surface area contributed by atoms with E-state index in [4.69, 9.17) is 4.74 Å². The quantitative estimate of drug-likeness (QED) is 0.222. The van der Waals surface area contributed by atoms with Crippen molar-refractivity contribution < 1.29 is 24.9 Å². The second kappa shape index (κ2) is 15.1. The summed E-state index contributed by atoms with van der Waals surface area (Å²) in [6.45, 7) is 2.62. The Hall–Kier alpha value is -2.01. The van der Waals surface area contributed by atoms with Gasteiger partial charge in [-0.1, -0.05) is 77.6 Å². The average molecular weight is 484 g/mol. The van der Waals surface area contributed by atoms with E-state index in [1.165, 1.54) is 57.8 Å². The van der Waals surface area contributed by atoms with Crippen LogP contribution in [0.25, 0.3) is 0 Å². The van der Waals surface area contributed by atoms with Crippen molar-refractivity contribution in [1.82, 2.24) is 14.9 Å². The molecule has 1 amide bonds. The molecule has 5 atom stereocenters. The van der Waals surface area contributed by atoms with E-state index in [9.17, 15) is 29.7 Å². The predicted octanol–water partition coefficient (Wildman–Crippen LogP) is 1.33. The number of nitrogens with zero attached hydrogens (tertiary/aromatic N) is 1. The van der Waals surface area contributed by atoms with E-state index in [1.54, 1.807) is 0 Å². The Morgan fingerprint density at radius 2 is 1.56 bits per heavy atom. The summed E-state index contributed by atoms with van der Waals surface area (Å²) in [6, 6.07) is 1.06. The zero-order valence-electron chi connectivity index (χ0n) is 20.2. The predicted molar refractivity (Wildman–Crippen MR) is 127 cm³/mol. The third-order valence-corrected chi connectivity index (χ3v) is 6.31. The number of aliphatic hydroxyl groups excluding tert-OH is 3. The van der Waals surface area contributed by atoms with Gasteiger partial charge in [0, 0.05) is 18.8 Å². The molecule has 1 aromatic heterocycles. The standard InChI is InChI=1S/C24H41N3O7/c1-2-3-4-5-6-7-8-9-10-11-12-13-15-25-22(32)20(31)21-18(29)19(30)23(34-21)27-16-14-17(28)26-24(27)33/h14,16,18-21,23,29-31H,2-13,15H2,1H3,(H,25,32)(H,26,28,33)/t18-,19+,20+,21+,23-/m0/s1. The van der Waals surface area contributed by atoms with Crippen molar-refractivity contribution in [2.45, 2.75) is 115 Å². The molecule has 0 bridgehead atoms. The number of aliphatic hydroxyl groups is 3. The highest BCUT2D eigenvalue weighted by Gasteiger charge is 2.48. The molecule has 1 aliphatic rings. The number of hydrogen-bond acceptors (Lipinski definition) is 7. The number of aromatic amines is 1. The van der Waals surface area contributed by atoms with Gasteiger partial charge in [0.15, 0.2) is 12.3 Å². The maximum atomic E-state index is 12.3. The molecule has 0 spiro atoms. The number of amides is 1. The molecule has 0 unspecified atom stereocenters. The third-order valence-electron chi connectivity index (χ3n) is 6.31. The molecule has 10 heteroatoms. The van der Waals surface area contributed by atoms with Crippen LogP contribution in [0.3, 0.4) is 0 Å². The fraction of sp³-hybridized carbons (Fsp3) is 0.792. The average Bonchev–Trinajstić information content (AvgIpc) is 3.10. The maximum absolute atomic E-state index is 12.3. The van der Waals surface area contributed by atoms with Crippen LogP contribution >= 0.6 is 0 Å². The Kier molecular flexibility index (Phi) is 12.5. The Labute approximate surface area is 200 Å². The van der Waals surface area contributed by atoms with Gasteiger partial charge in [0.25, 0.3) is 11.5 Å². The van der Waals surface area contributed by atoms with Gasteiger partial charge in [-0.25, -0.2) is 4.79 Å². The van der Waals surface area contributed by atoms with Crippen LogP contribution in [0, 0.1) is 0 Å². The van der Waals surface area contributed by atoms with Crippen LogP contribution in [0.4, 0.5) is 0 Å². The molecule has 0 saturated carbocycles. The van der Waals surface area contributed by atoms with Crippen LogP contribution in [0.2, 0.25) is 0 Å². The lowest BCUT2D eigenvalue weighted by molar-refractivity contribution is -0.143. The minimum atomic E-state index is -1.72. The van der Waals surface area contributed by atoms with Crippen LogP contribution in [0.15, 0.2) is 21.9 Å². The molecule has 0 radical (unpaired) electrons. The molecule has 34 heavy (non-hydrogen) atoms. The monoisotopic (exact) mass is 483 g/mol. The Morgan fingerprint density at radius 3 is 2.12 bits per heavy atom. The van der Waals surface area contributed by atoms with Crippen molar-refractivity contribution in [1.29, 1.82) is 0 Å². The highest BCUT2D eigenvalue weighted by molar-refractivity contribution is 5.81. The largest absolute Gasteiger partial charge is 0.387 e. The first-order valence-electron chi connectivity index (χ1n) is 12.7. The van der Waals surface area contributed by atoms with Crippen molar-refractivity contribution in [3.05, 3.63) is 33.1 Å².